The molecule has 126 valence electrons. The maximum atomic E-state index is 11.5. The average molecular weight is 340 g/mol. The molecule has 1 aliphatic carbocycles. The number of ether oxygens (including phenoxy) is 2. The highest BCUT2D eigenvalue weighted by Crippen LogP contribution is 2.37. The molecule has 0 bridgehead atoms. The van der Waals surface area contributed by atoms with Gasteiger partial charge in [-0.3, -0.25) is 0 Å². The Hall–Kier alpha value is -1.75. The van der Waals surface area contributed by atoms with E-state index in [0.29, 0.717) is 23.7 Å². The normalized spacial score (nSPS) is 16.6. The Kier molecular flexibility index (Phi) is 5.52. The van der Waals surface area contributed by atoms with Gasteiger partial charge in [0.25, 0.3) is 0 Å². The molecular formula is C17H22ClNO4. The lowest BCUT2D eigenvalue weighted by Crippen LogP contribution is -2.34. The van der Waals surface area contributed by atoms with Gasteiger partial charge in [-0.2, -0.15) is 0 Å². The van der Waals surface area contributed by atoms with Crippen LogP contribution in [0.25, 0.3) is 0 Å². The quantitative estimate of drug-likeness (QED) is 0.661. The van der Waals surface area contributed by atoms with E-state index in [9.17, 15) is 9.59 Å². The largest absolute Gasteiger partial charge is 0.490 e. The van der Waals surface area contributed by atoms with Crippen LogP contribution < -0.4 is 10.1 Å². The Morgan fingerprint density at radius 3 is 2.78 bits per heavy atom. The zero-order valence-electron chi connectivity index (χ0n) is 13.6. The van der Waals surface area contributed by atoms with Gasteiger partial charge < -0.3 is 19.6 Å². The number of alkyl carbamates (subject to hydrolysis) is 1. The number of amides is 1. The van der Waals surface area contributed by atoms with Crippen LogP contribution in [0.4, 0.5) is 4.79 Å². The van der Waals surface area contributed by atoms with E-state index in [2.05, 4.69) is 5.32 Å². The van der Waals surface area contributed by atoms with Crippen LogP contribution >= 0.6 is 11.6 Å². The molecule has 1 N–H and O–H groups in total. The van der Waals surface area contributed by atoms with E-state index in [1.165, 1.54) is 0 Å². The third kappa shape index (κ3) is 4.86. The summed E-state index contributed by atoms with van der Waals surface area (Å²) in [7, 11) is 0. The topological polar surface area (TPSA) is 64.6 Å². The van der Waals surface area contributed by atoms with Crippen LogP contribution in [0.3, 0.4) is 0 Å². The summed E-state index contributed by atoms with van der Waals surface area (Å²) in [5.41, 5.74) is 1.57. The first-order chi connectivity index (χ1) is 10.8. The van der Waals surface area contributed by atoms with Gasteiger partial charge in [0.2, 0.25) is 0 Å². The molecule has 6 heteroatoms. The maximum absolute atomic E-state index is 11.5. The van der Waals surface area contributed by atoms with Crippen molar-refractivity contribution in [3.8, 4) is 5.75 Å². The molecule has 1 aromatic carbocycles. The van der Waals surface area contributed by atoms with Crippen LogP contribution in [0.1, 0.15) is 31.9 Å². The summed E-state index contributed by atoms with van der Waals surface area (Å²) >= 11 is 6.35. The van der Waals surface area contributed by atoms with Crippen LogP contribution in [0.5, 0.6) is 5.75 Å². The van der Waals surface area contributed by atoms with E-state index in [1.54, 1.807) is 20.8 Å². The predicted octanol–water partition coefficient (Wildman–Crippen LogP) is 3.16. The average Bonchev–Trinajstić information content (AvgIpc) is 2.88. The molecule has 1 atom stereocenters. The second kappa shape index (κ2) is 7.21. The molecule has 0 aliphatic heterocycles. The second-order valence-electron chi connectivity index (χ2n) is 6.60. The van der Waals surface area contributed by atoms with E-state index in [0.717, 1.165) is 23.8 Å². The molecule has 0 aromatic heterocycles. The van der Waals surface area contributed by atoms with Gasteiger partial charge in [0.05, 0.1) is 11.6 Å². The minimum Gasteiger partial charge on any atom is -0.490 e. The van der Waals surface area contributed by atoms with Crippen molar-refractivity contribution in [1.29, 1.82) is 0 Å². The van der Waals surface area contributed by atoms with Crippen molar-refractivity contribution in [3.05, 3.63) is 28.3 Å². The lowest BCUT2D eigenvalue weighted by atomic mass is 10.1. The molecule has 0 spiro atoms. The van der Waals surface area contributed by atoms with Crippen LogP contribution in [0.2, 0.25) is 5.02 Å². The molecule has 0 fully saturated rings. The van der Waals surface area contributed by atoms with Crippen molar-refractivity contribution < 1.29 is 19.1 Å². The van der Waals surface area contributed by atoms with Gasteiger partial charge in [-0.25, -0.2) is 4.79 Å². The van der Waals surface area contributed by atoms with E-state index in [1.807, 2.05) is 12.1 Å². The summed E-state index contributed by atoms with van der Waals surface area (Å²) < 4.78 is 10.8. The molecular weight excluding hydrogens is 318 g/mol. The molecule has 1 aliphatic rings. The summed E-state index contributed by atoms with van der Waals surface area (Å²) in [5, 5.41) is 3.18. The van der Waals surface area contributed by atoms with Crippen molar-refractivity contribution in [2.45, 2.75) is 39.2 Å². The maximum Gasteiger partial charge on any atom is 0.407 e. The van der Waals surface area contributed by atoms with Gasteiger partial charge in [0.1, 0.15) is 24.2 Å². The van der Waals surface area contributed by atoms with E-state index >= 15 is 0 Å². The summed E-state index contributed by atoms with van der Waals surface area (Å²) in [4.78, 5) is 22.4. The van der Waals surface area contributed by atoms with Gasteiger partial charge in [0.15, 0.2) is 0 Å². The molecule has 1 amide bonds. The lowest BCUT2D eigenvalue weighted by molar-refractivity contribution is -0.110. The van der Waals surface area contributed by atoms with Crippen molar-refractivity contribution in [2.75, 3.05) is 13.2 Å². The van der Waals surface area contributed by atoms with Crippen LogP contribution in [-0.2, 0) is 22.4 Å². The minimum absolute atomic E-state index is 0.00610. The number of fused-ring (bicyclic) bond motifs is 1. The number of carbonyl (C=O) groups excluding carboxylic acids is 2. The van der Waals surface area contributed by atoms with Crippen LogP contribution in [0, 0.1) is 5.92 Å². The Morgan fingerprint density at radius 2 is 2.13 bits per heavy atom. The van der Waals surface area contributed by atoms with Gasteiger partial charge in [0, 0.05) is 5.92 Å². The van der Waals surface area contributed by atoms with E-state index < -0.39 is 11.7 Å². The highest BCUT2D eigenvalue weighted by Gasteiger charge is 2.25. The minimum atomic E-state index is -0.524. The highest BCUT2D eigenvalue weighted by molar-refractivity contribution is 6.33. The third-order valence-corrected chi connectivity index (χ3v) is 3.89. The van der Waals surface area contributed by atoms with Crippen molar-refractivity contribution >= 4 is 24.0 Å². The third-order valence-electron chi connectivity index (χ3n) is 3.47. The smallest absolute Gasteiger partial charge is 0.407 e. The molecule has 0 heterocycles. The molecule has 0 saturated carbocycles. The number of carbonyl (C=O) groups is 2. The van der Waals surface area contributed by atoms with Gasteiger partial charge >= 0.3 is 6.09 Å². The fourth-order valence-corrected chi connectivity index (χ4v) is 2.82. The van der Waals surface area contributed by atoms with E-state index in [4.69, 9.17) is 21.1 Å². The Balaban J connectivity index is 1.84. The number of hydrogen-bond donors (Lipinski definition) is 1. The number of halogens is 1. The summed E-state index contributed by atoms with van der Waals surface area (Å²) in [6.45, 7) is 6.02. The standard InChI is InChI=1S/C17H22ClNO4/c1-17(2,3)23-16(21)19-6-7-22-14-5-4-12-8-11(10-20)9-13(12)15(14)18/h4-5,10-11H,6-9H2,1-3H3,(H,19,21). The molecule has 1 unspecified atom stereocenters. The number of benzene rings is 1. The molecule has 0 saturated heterocycles. The van der Waals surface area contributed by atoms with Crippen LogP contribution in [-0.4, -0.2) is 31.1 Å². The molecule has 5 nitrogen and oxygen atoms in total. The van der Waals surface area contributed by atoms with E-state index in [-0.39, 0.29) is 12.5 Å². The summed E-state index contributed by atoms with van der Waals surface area (Å²) in [6.07, 6.45) is 1.89. The fourth-order valence-electron chi connectivity index (χ4n) is 2.50. The second-order valence-corrected chi connectivity index (χ2v) is 6.97. The van der Waals surface area contributed by atoms with Crippen molar-refractivity contribution in [1.82, 2.24) is 5.32 Å². The molecule has 2 rings (SSSR count). The number of aldehydes is 1. The lowest BCUT2D eigenvalue weighted by Gasteiger charge is -2.19. The van der Waals surface area contributed by atoms with Crippen molar-refractivity contribution in [3.63, 3.8) is 0 Å². The first kappa shape index (κ1) is 17.6. The zero-order chi connectivity index (χ0) is 17.0. The Labute approximate surface area is 141 Å². The first-order valence-corrected chi connectivity index (χ1v) is 8.03. The Morgan fingerprint density at radius 1 is 1.39 bits per heavy atom. The number of hydrogen-bond acceptors (Lipinski definition) is 4. The zero-order valence-corrected chi connectivity index (χ0v) is 14.4. The van der Waals surface area contributed by atoms with Gasteiger partial charge in [-0.15, -0.1) is 0 Å². The van der Waals surface area contributed by atoms with Gasteiger partial charge in [-0.1, -0.05) is 17.7 Å². The monoisotopic (exact) mass is 339 g/mol. The fraction of sp³-hybridized carbons (Fsp3) is 0.529. The first-order valence-electron chi connectivity index (χ1n) is 7.65. The van der Waals surface area contributed by atoms with Crippen LogP contribution in [0.15, 0.2) is 12.1 Å². The summed E-state index contributed by atoms with van der Waals surface area (Å²) in [5.74, 6) is 0.578. The molecule has 1 aromatic rings. The molecule has 23 heavy (non-hydrogen) atoms. The molecule has 0 radical (unpaired) electrons. The highest BCUT2D eigenvalue weighted by atomic mass is 35.5. The number of nitrogens with one attached hydrogen (secondary N) is 1. The Bertz CT molecular complexity index is 595. The van der Waals surface area contributed by atoms with Crippen molar-refractivity contribution in [2.24, 2.45) is 5.92 Å². The summed E-state index contributed by atoms with van der Waals surface area (Å²) in [6, 6.07) is 3.75. The SMILES string of the molecule is CC(C)(C)OC(=O)NCCOc1ccc2c(c1Cl)CC(C=O)C2. The predicted molar refractivity (Wildman–Crippen MR) is 88.1 cm³/mol. The number of rotatable bonds is 5. The van der Waals surface area contributed by atoms with Gasteiger partial charge in [-0.05, 0) is 50.8 Å².